The molecular weight excluding hydrogens is 216 g/mol. The van der Waals surface area contributed by atoms with Gasteiger partial charge in [0.15, 0.2) is 0 Å². The van der Waals surface area contributed by atoms with Gasteiger partial charge >= 0.3 is 0 Å². The average Bonchev–Trinajstić information content (AvgIpc) is 2.61. The first kappa shape index (κ1) is 7.70. The molecule has 13 rings (SSSR count). The zero-order chi connectivity index (χ0) is 10.9. The van der Waals surface area contributed by atoms with E-state index in [-0.39, 0.29) is 0 Å². The van der Waals surface area contributed by atoms with E-state index in [1.165, 1.54) is 47.3 Å². The third-order valence-electron chi connectivity index (χ3n) is 11.9. The first-order chi connectivity index (χ1) is 8.81. The Kier molecular flexibility index (Phi) is 0.638. The van der Waals surface area contributed by atoms with Gasteiger partial charge in [0.25, 0.3) is 0 Å². The largest absolute Gasteiger partial charge is 0.0464 e. The molecule has 0 aromatic rings. The lowest BCUT2D eigenvalue weighted by atomic mass is 9.08. The van der Waals surface area contributed by atoms with E-state index in [1.807, 2.05) is 0 Å². The lowest BCUT2D eigenvalue weighted by Crippen LogP contribution is -2.91. The summed E-state index contributed by atoms with van der Waals surface area (Å²) in [6.45, 7) is 0. The maximum Gasteiger partial charge on any atom is -0.0139 e. The summed E-state index contributed by atoms with van der Waals surface area (Å²) >= 11 is 0. The molecule has 13 saturated carbocycles. The van der Waals surface area contributed by atoms with Gasteiger partial charge in [-0.2, -0.15) is 0 Å². The highest BCUT2D eigenvalue weighted by Gasteiger charge is 3.05. The van der Waals surface area contributed by atoms with Crippen molar-refractivity contribution in [3.8, 4) is 0 Å². The van der Waals surface area contributed by atoms with Gasteiger partial charge in [-0.1, -0.05) is 0 Å². The highest BCUT2D eigenvalue weighted by Crippen LogP contribution is 3.10. The summed E-state index contributed by atoms with van der Waals surface area (Å²) < 4.78 is 0. The minimum Gasteiger partial charge on any atom is -0.0464 e. The maximum atomic E-state index is 1.78. The standard InChI is InChI=1S/C18H20/c1-7-3-15-4-11-9(1)18-12-5-16(18,13(7)15)6-17(11)8(12)2-10(17)14(15)18/h7-14H,1-6H2. The molecule has 0 aliphatic heterocycles. The molecule has 18 heavy (non-hydrogen) atoms. The summed E-state index contributed by atoms with van der Waals surface area (Å²) in [6.07, 6.45) is 10.5. The van der Waals surface area contributed by atoms with Crippen molar-refractivity contribution in [1.29, 1.82) is 0 Å². The summed E-state index contributed by atoms with van der Waals surface area (Å²) in [5.41, 5.74) is 3.98. The number of rotatable bonds is 0. The topological polar surface area (TPSA) is 0 Å². The summed E-state index contributed by atoms with van der Waals surface area (Å²) in [7, 11) is 0. The van der Waals surface area contributed by atoms with Crippen LogP contribution in [0.1, 0.15) is 38.5 Å². The molecule has 13 aliphatic carbocycles. The minimum atomic E-state index is 0.979. The van der Waals surface area contributed by atoms with Crippen LogP contribution in [0.2, 0.25) is 0 Å². The van der Waals surface area contributed by atoms with E-state index in [0.717, 1.165) is 21.7 Å². The number of hydrogen-bond donors (Lipinski definition) is 0. The molecule has 11 bridgehead atoms. The van der Waals surface area contributed by atoms with E-state index in [4.69, 9.17) is 0 Å². The molecule has 0 nitrogen and oxygen atoms in total. The van der Waals surface area contributed by atoms with E-state index in [2.05, 4.69) is 0 Å². The Balaban J connectivity index is 1.62. The van der Waals surface area contributed by atoms with Gasteiger partial charge in [-0.25, -0.2) is 0 Å². The van der Waals surface area contributed by atoms with Gasteiger partial charge in [0.05, 0.1) is 0 Å². The third-order valence-corrected chi connectivity index (χ3v) is 11.9. The van der Waals surface area contributed by atoms with Crippen LogP contribution in [0, 0.1) is 69.0 Å². The van der Waals surface area contributed by atoms with Crippen LogP contribution in [-0.2, 0) is 0 Å². The van der Waals surface area contributed by atoms with Gasteiger partial charge in [0, 0.05) is 0 Å². The lowest BCUT2D eigenvalue weighted by Gasteiger charge is -2.96. The predicted octanol–water partition coefficient (Wildman–Crippen LogP) is 3.32. The van der Waals surface area contributed by atoms with E-state index < -0.39 is 0 Å². The molecule has 12 atom stereocenters. The van der Waals surface area contributed by atoms with Gasteiger partial charge in [-0.05, 0) is 108 Å². The van der Waals surface area contributed by atoms with Gasteiger partial charge in [0.1, 0.15) is 0 Å². The molecule has 0 N–H and O–H groups in total. The Morgan fingerprint density at radius 2 is 1.72 bits per heavy atom. The molecule has 0 amide bonds. The van der Waals surface area contributed by atoms with Crippen molar-refractivity contribution in [3.63, 3.8) is 0 Å². The van der Waals surface area contributed by atoms with Gasteiger partial charge in [0.2, 0.25) is 0 Å². The van der Waals surface area contributed by atoms with Crippen LogP contribution in [0.3, 0.4) is 0 Å². The average molecular weight is 236 g/mol. The Hall–Kier alpha value is 0. The van der Waals surface area contributed by atoms with Crippen molar-refractivity contribution in [2.24, 2.45) is 69.0 Å². The van der Waals surface area contributed by atoms with Gasteiger partial charge < -0.3 is 0 Å². The minimum absolute atomic E-state index is 0.979. The Morgan fingerprint density at radius 3 is 2.72 bits per heavy atom. The fourth-order valence-corrected chi connectivity index (χ4v) is 13.2. The van der Waals surface area contributed by atoms with Crippen LogP contribution in [0.4, 0.5) is 0 Å². The van der Waals surface area contributed by atoms with Crippen LogP contribution >= 0.6 is 0 Å². The van der Waals surface area contributed by atoms with Crippen LogP contribution in [0.25, 0.3) is 0 Å². The first-order valence-corrected chi connectivity index (χ1v) is 8.81. The molecule has 0 aromatic carbocycles. The third kappa shape index (κ3) is 0.309. The normalized spacial score (nSPS) is 98.7. The summed E-state index contributed by atoms with van der Waals surface area (Å²) in [5, 5.41) is 0. The lowest BCUT2D eigenvalue weighted by molar-refractivity contribution is -0.485. The van der Waals surface area contributed by atoms with Gasteiger partial charge in [-0.3, -0.25) is 0 Å². The smallest absolute Gasteiger partial charge is 0.0139 e. The Morgan fingerprint density at radius 1 is 0.722 bits per heavy atom. The molecule has 92 valence electrons. The predicted molar refractivity (Wildman–Crippen MR) is 65.4 cm³/mol. The second kappa shape index (κ2) is 1.49. The van der Waals surface area contributed by atoms with Crippen molar-refractivity contribution in [1.82, 2.24) is 0 Å². The fraction of sp³-hybridized carbons (Fsp3) is 1.00. The van der Waals surface area contributed by atoms with Crippen LogP contribution in [0.5, 0.6) is 0 Å². The molecule has 12 unspecified atom stereocenters. The van der Waals surface area contributed by atoms with E-state index in [0.29, 0.717) is 0 Å². The highest BCUT2D eigenvalue weighted by molar-refractivity contribution is 5.52. The molecule has 13 aliphatic rings. The zero-order valence-corrected chi connectivity index (χ0v) is 10.9. The summed E-state index contributed by atoms with van der Waals surface area (Å²) in [6, 6.07) is 0. The first-order valence-electron chi connectivity index (χ1n) is 8.81. The maximum absolute atomic E-state index is 1.78. The van der Waals surface area contributed by atoms with Crippen molar-refractivity contribution in [3.05, 3.63) is 0 Å². The molecule has 13 fully saturated rings. The highest BCUT2D eigenvalue weighted by atomic mass is 15.1. The molecular formula is C18H20. The van der Waals surface area contributed by atoms with Gasteiger partial charge in [-0.15, -0.1) is 0 Å². The molecule has 0 aromatic heterocycles. The Bertz CT molecular complexity index is 622. The summed E-state index contributed by atoms with van der Waals surface area (Å²) in [4.78, 5) is 0. The molecule has 0 heteroatoms. The second-order valence-corrected chi connectivity index (χ2v) is 10.4. The van der Waals surface area contributed by atoms with Crippen LogP contribution in [-0.4, -0.2) is 0 Å². The number of hydrogen-bond acceptors (Lipinski definition) is 0. The Labute approximate surface area is 108 Å². The van der Waals surface area contributed by atoms with Crippen molar-refractivity contribution < 1.29 is 0 Å². The van der Waals surface area contributed by atoms with Crippen molar-refractivity contribution in [2.75, 3.05) is 0 Å². The molecule has 4 spiro atoms. The second-order valence-electron chi connectivity index (χ2n) is 10.4. The van der Waals surface area contributed by atoms with Crippen LogP contribution < -0.4 is 0 Å². The van der Waals surface area contributed by atoms with Crippen LogP contribution in [0.15, 0.2) is 0 Å². The van der Waals surface area contributed by atoms with E-state index in [1.54, 1.807) is 38.5 Å². The van der Waals surface area contributed by atoms with Crippen molar-refractivity contribution in [2.45, 2.75) is 38.5 Å². The van der Waals surface area contributed by atoms with E-state index in [9.17, 15) is 0 Å². The molecule has 0 radical (unpaired) electrons. The molecule has 0 heterocycles. The monoisotopic (exact) mass is 236 g/mol. The van der Waals surface area contributed by atoms with Crippen molar-refractivity contribution >= 4 is 0 Å². The zero-order valence-electron chi connectivity index (χ0n) is 10.9. The SMILES string of the molecule is C1C2C3CC45CC26C2CC78CC(CC2C34C7C16)C85. The summed E-state index contributed by atoms with van der Waals surface area (Å²) in [5.74, 6) is 10.2. The van der Waals surface area contributed by atoms with E-state index >= 15 is 0 Å². The molecule has 0 saturated heterocycles. The quantitative estimate of drug-likeness (QED) is 0.605. The fourth-order valence-electron chi connectivity index (χ4n) is 13.2.